The standard InChI is InChI=1S/C12H9ClFN/c1-8-11(13)6-7-15-12(8)9-2-4-10(14)5-3-9/h2-7H,1H3. The maximum atomic E-state index is 12.7. The number of pyridine rings is 1. The van der Waals surface area contributed by atoms with E-state index in [1.165, 1.54) is 12.1 Å². The van der Waals surface area contributed by atoms with E-state index in [4.69, 9.17) is 11.6 Å². The van der Waals surface area contributed by atoms with E-state index in [1.54, 1.807) is 24.4 Å². The molecule has 1 aromatic heterocycles. The average molecular weight is 222 g/mol. The Bertz CT molecular complexity index is 479. The van der Waals surface area contributed by atoms with Gasteiger partial charge in [0, 0.05) is 16.8 Å². The van der Waals surface area contributed by atoms with Crippen LogP contribution in [0.15, 0.2) is 36.5 Å². The zero-order valence-electron chi connectivity index (χ0n) is 8.17. The minimum absolute atomic E-state index is 0.251. The van der Waals surface area contributed by atoms with Gasteiger partial charge in [-0.15, -0.1) is 0 Å². The summed E-state index contributed by atoms with van der Waals surface area (Å²) in [6.07, 6.45) is 1.65. The van der Waals surface area contributed by atoms with Crippen molar-refractivity contribution in [2.45, 2.75) is 6.92 Å². The summed E-state index contributed by atoms with van der Waals surface area (Å²) in [6.45, 7) is 1.90. The van der Waals surface area contributed by atoms with E-state index in [0.717, 1.165) is 16.8 Å². The summed E-state index contributed by atoms with van der Waals surface area (Å²) in [6, 6.07) is 7.96. The van der Waals surface area contributed by atoms with Gasteiger partial charge in [0.05, 0.1) is 5.69 Å². The van der Waals surface area contributed by atoms with Gasteiger partial charge < -0.3 is 0 Å². The molecule has 0 saturated heterocycles. The van der Waals surface area contributed by atoms with Gasteiger partial charge in [0.1, 0.15) is 5.82 Å². The molecule has 3 heteroatoms. The molecule has 0 spiro atoms. The lowest BCUT2D eigenvalue weighted by Crippen LogP contribution is -1.88. The van der Waals surface area contributed by atoms with Gasteiger partial charge in [-0.25, -0.2) is 4.39 Å². The number of hydrogen-bond donors (Lipinski definition) is 0. The van der Waals surface area contributed by atoms with Crippen molar-refractivity contribution >= 4 is 11.6 Å². The number of aromatic nitrogens is 1. The molecule has 0 radical (unpaired) electrons. The Morgan fingerprint density at radius 3 is 2.47 bits per heavy atom. The van der Waals surface area contributed by atoms with Gasteiger partial charge >= 0.3 is 0 Å². The average Bonchev–Trinajstić information content (AvgIpc) is 2.24. The molecule has 0 aliphatic heterocycles. The number of benzene rings is 1. The Morgan fingerprint density at radius 1 is 1.13 bits per heavy atom. The lowest BCUT2D eigenvalue weighted by atomic mass is 10.1. The molecule has 0 saturated carbocycles. The molecule has 0 fully saturated rings. The third-order valence-electron chi connectivity index (χ3n) is 2.26. The largest absolute Gasteiger partial charge is 0.256 e. The minimum Gasteiger partial charge on any atom is -0.256 e. The first-order valence-electron chi connectivity index (χ1n) is 4.55. The predicted molar refractivity (Wildman–Crippen MR) is 59.4 cm³/mol. The van der Waals surface area contributed by atoms with E-state index in [2.05, 4.69) is 4.98 Å². The van der Waals surface area contributed by atoms with Gasteiger partial charge in [0.25, 0.3) is 0 Å². The quantitative estimate of drug-likeness (QED) is 0.713. The van der Waals surface area contributed by atoms with Gasteiger partial charge in [-0.2, -0.15) is 0 Å². The highest BCUT2D eigenvalue weighted by atomic mass is 35.5. The molecule has 0 bridgehead atoms. The molecule has 2 rings (SSSR count). The highest BCUT2D eigenvalue weighted by molar-refractivity contribution is 6.31. The molecule has 1 aromatic carbocycles. The van der Waals surface area contributed by atoms with Crippen molar-refractivity contribution in [2.75, 3.05) is 0 Å². The van der Waals surface area contributed by atoms with Crippen LogP contribution in [-0.2, 0) is 0 Å². The van der Waals surface area contributed by atoms with Crippen molar-refractivity contribution in [1.82, 2.24) is 4.98 Å². The third-order valence-corrected chi connectivity index (χ3v) is 2.67. The van der Waals surface area contributed by atoms with Gasteiger partial charge in [-0.3, -0.25) is 4.98 Å². The van der Waals surface area contributed by atoms with Crippen LogP contribution in [0.3, 0.4) is 0 Å². The van der Waals surface area contributed by atoms with E-state index in [-0.39, 0.29) is 5.82 Å². The molecular weight excluding hydrogens is 213 g/mol. The molecular formula is C12H9ClFN. The fourth-order valence-electron chi connectivity index (χ4n) is 1.41. The molecule has 0 amide bonds. The van der Waals surface area contributed by atoms with Crippen molar-refractivity contribution in [2.24, 2.45) is 0 Å². The maximum Gasteiger partial charge on any atom is 0.123 e. The Labute approximate surface area is 92.5 Å². The van der Waals surface area contributed by atoms with Gasteiger partial charge in [-0.1, -0.05) is 11.6 Å². The van der Waals surface area contributed by atoms with E-state index in [9.17, 15) is 4.39 Å². The molecule has 0 aliphatic rings. The maximum absolute atomic E-state index is 12.7. The molecule has 15 heavy (non-hydrogen) atoms. The molecule has 0 unspecified atom stereocenters. The summed E-state index contributed by atoms with van der Waals surface area (Å²) in [5.41, 5.74) is 2.57. The van der Waals surface area contributed by atoms with Gasteiger partial charge in [0.2, 0.25) is 0 Å². The van der Waals surface area contributed by atoms with Crippen LogP contribution in [0.25, 0.3) is 11.3 Å². The Morgan fingerprint density at radius 2 is 1.80 bits per heavy atom. The van der Waals surface area contributed by atoms with Crippen LogP contribution in [0.4, 0.5) is 4.39 Å². The molecule has 1 heterocycles. The second-order valence-corrected chi connectivity index (χ2v) is 3.68. The van der Waals surface area contributed by atoms with E-state index in [0.29, 0.717) is 5.02 Å². The van der Waals surface area contributed by atoms with Crippen molar-refractivity contribution in [3.63, 3.8) is 0 Å². The van der Waals surface area contributed by atoms with Crippen LogP contribution >= 0.6 is 11.6 Å². The van der Waals surface area contributed by atoms with Crippen LogP contribution in [0, 0.1) is 12.7 Å². The summed E-state index contributed by atoms with van der Waals surface area (Å²) in [5.74, 6) is -0.251. The van der Waals surface area contributed by atoms with E-state index in [1.807, 2.05) is 6.92 Å². The summed E-state index contributed by atoms with van der Waals surface area (Å²) in [7, 11) is 0. The van der Waals surface area contributed by atoms with Crippen molar-refractivity contribution < 1.29 is 4.39 Å². The number of halogens is 2. The van der Waals surface area contributed by atoms with Gasteiger partial charge in [0.15, 0.2) is 0 Å². The molecule has 76 valence electrons. The van der Waals surface area contributed by atoms with Crippen LogP contribution < -0.4 is 0 Å². The highest BCUT2D eigenvalue weighted by Crippen LogP contribution is 2.25. The van der Waals surface area contributed by atoms with Crippen LogP contribution in [0.1, 0.15) is 5.56 Å². The van der Waals surface area contributed by atoms with Gasteiger partial charge in [-0.05, 0) is 42.8 Å². The molecule has 0 aliphatic carbocycles. The fraction of sp³-hybridized carbons (Fsp3) is 0.0833. The lowest BCUT2D eigenvalue weighted by molar-refractivity contribution is 0.628. The summed E-state index contributed by atoms with van der Waals surface area (Å²) < 4.78 is 12.7. The van der Waals surface area contributed by atoms with Crippen LogP contribution in [-0.4, -0.2) is 4.98 Å². The van der Waals surface area contributed by atoms with Crippen molar-refractivity contribution in [3.8, 4) is 11.3 Å². The second kappa shape index (κ2) is 3.99. The molecule has 0 N–H and O–H groups in total. The van der Waals surface area contributed by atoms with Crippen LogP contribution in [0.2, 0.25) is 5.02 Å². The molecule has 0 atom stereocenters. The number of hydrogen-bond acceptors (Lipinski definition) is 1. The molecule has 1 nitrogen and oxygen atoms in total. The van der Waals surface area contributed by atoms with Crippen molar-refractivity contribution in [1.29, 1.82) is 0 Å². The van der Waals surface area contributed by atoms with E-state index >= 15 is 0 Å². The normalized spacial score (nSPS) is 10.3. The first-order chi connectivity index (χ1) is 7.18. The van der Waals surface area contributed by atoms with E-state index < -0.39 is 0 Å². The van der Waals surface area contributed by atoms with Crippen molar-refractivity contribution in [3.05, 3.63) is 52.9 Å². The first kappa shape index (κ1) is 10.1. The van der Waals surface area contributed by atoms with Crippen LogP contribution in [0.5, 0.6) is 0 Å². The number of nitrogens with zero attached hydrogens (tertiary/aromatic N) is 1. The third kappa shape index (κ3) is 2.00. The molecule has 2 aromatic rings. The second-order valence-electron chi connectivity index (χ2n) is 3.27. The monoisotopic (exact) mass is 221 g/mol. The summed E-state index contributed by atoms with van der Waals surface area (Å²) >= 11 is 5.98. The predicted octanol–water partition coefficient (Wildman–Crippen LogP) is 3.85. The summed E-state index contributed by atoms with van der Waals surface area (Å²) in [5, 5.41) is 0.671. The highest BCUT2D eigenvalue weighted by Gasteiger charge is 2.05. The first-order valence-corrected chi connectivity index (χ1v) is 4.93. The smallest absolute Gasteiger partial charge is 0.123 e. The fourth-order valence-corrected chi connectivity index (χ4v) is 1.56. The zero-order valence-corrected chi connectivity index (χ0v) is 8.92. The summed E-state index contributed by atoms with van der Waals surface area (Å²) in [4.78, 5) is 4.23. The zero-order chi connectivity index (χ0) is 10.8. The SMILES string of the molecule is Cc1c(Cl)ccnc1-c1ccc(F)cc1. The topological polar surface area (TPSA) is 12.9 Å². The Balaban J connectivity index is 2.54. The number of rotatable bonds is 1. The Kier molecular flexibility index (Phi) is 2.69. The lowest BCUT2D eigenvalue weighted by Gasteiger charge is -2.05. The minimum atomic E-state index is -0.251. The Hall–Kier alpha value is -1.41.